The molecule has 114 valence electrons. The van der Waals surface area contributed by atoms with Gasteiger partial charge in [-0.1, -0.05) is 35.7 Å². The molecule has 1 saturated carbocycles. The number of nitrogens with one attached hydrogen (secondary N) is 2. The lowest BCUT2D eigenvalue weighted by Gasteiger charge is -2.23. The lowest BCUT2D eigenvalue weighted by molar-refractivity contribution is -0.132. The average molecular weight is 347 g/mol. The number of rotatable bonds is 5. The Balaban J connectivity index is 1.68. The summed E-state index contributed by atoms with van der Waals surface area (Å²) in [5.41, 5.74) is 5.69. The number of amides is 2. The first-order chi connectivity index (χ1) is 10.1. The molecule has 1 aliphatic carbocycles. The molecule has 0 unspecified atom stereocenters. The van der Waals surface area contributed by atoms with Crippen LogP contribution in [0.2, 0.25) is 10.0 Å². The van der Waals surface area contributed by atoms with E-state index in [1.807, 2.05) is 0 Å². The van der Waals surface area contributed by atoms with Gasteiger partial charge < -0.3 is 0 Å². The van der Waals surface area contributed by atoms with Crippen LogP contribution in [0.5, 0.6) is 0 Å². The van der Waals surface area contributed by atoms with Gasteiger partial charge in [-0.25, -0.2) is 0 Å². The summed E-state index contributed by atoms with van der Waals surface area (Å²) in [6.45, 7) is 0. The minimum absolute atomic E-state index is 0.0554. The lowest BCUT2D eigenvalue weighted by atomic mass is 9.85. The van der Waals surface area contributed by atoms with E-state index in [0.29, 0.717) is 15.8 Å². The van der Waals surface area contributed by atoms with Crippen molar-refractivity contribution in [3.05, 3.63) is 33.8 Å². The smallest absolute Gasteiger partial charge is 0.248 e. The number of hydrogen-bond acceptors (Lipinski definition) is 3. The fraction of sp³-hybridized carbons (Fsp3) is 0.429. The fourth-order valence-electron chi connectivity index (χ4n) is 1.86. The first-order valence-corrected chi connectivity index (χ1v) is 8.58. The highest BCUT2D eigenvalue weighted by atomic mass is 35.5. The number of halogens is 2. The van der Waals surface area contributed by atoms with Crippen LogP contribution < -0.4 is 10.9 Å². The van der Waals surface area contributed by atoms with Crippen molar-refractivity contribution >= 4 is 46.8 Å². The summed E-state index contributed by atoms with van der Waals surface area (Å²) in [5, 5.41) is 1.18. The summed E-state index contributed by atoms with van der Waals surface area (Å²) in [4.78, 5) is 23.2. The highest BCUT2D eigenvalue weighted by Gasteiger charge is 2.25. The molecule has 0 spiro atoms. The maximum absolute atomic E-state index is 11.6. The van der Waals surface area contributed by atoms with Gasteiger partial charge in [0.15, 0.2) is 0 Å². The second kappa shape index (κ2) is 7.92. The van der Waals surface area contributed by atoms with Crippen molar-refractivity contribution in [2.75, 3.05) is 5.75 Å². The molecular formula is C14H16Cl2N2O2S. The zero-order valence-electron chi connectivity index (χ0n) is 11.3. The molecule has 0 radical (unpaired) electrons. The molecule has 2 rings (SSSR count). The highest BCUT2D eigenvalue weighted by molar-refractivity contribution is 7.99. The van der Waals surface area contributed by atoms with Gasteiger partial charge in [-0.15, -0.1) is 11.8 Å². The van der Waals surface area contributed by atoms with E-state index in [-0.39, 0.29) is 23.5 Å². The SMILES string of the molecule is O=C(CSCc1c(Cl)cccc1Cl)NNC(=O)C1CCC1. The molecule has 1 fully saturated rings. The number of carbonyl (C=O) groups is 2. The maximum Gasteiger partial charge on any atom is 0.248 e. The zero-order valence-corrected chi connectivity index (χ0v) is 13.7. The first-order valence-electron chi connectivity index (χ1n) is 6.67. The predicted octanol–water partition coefficient (Wildman–Crippen LogP) is 3.17. The molecule has 21 heavy (non-hydrogen) atoms. The Morgan fingerprint density at radius 3 is 2.43 bits per heavy atom. The molecule has 0 aliphatic heterocycles. The Morgan fingerprint density at radius 1 is 1.19 bits per heavy atom. The van der Waals surface area contributed by atoms with Crippen LogP contribution in [0.4, 0.5) is 0 Å². The van der Waals surface area contributed by atoms with E-state index in [0.717, 1.165) is 24.8 Å². The third-order valence-electron chi connectivity index (χ3n) is 3.34. The fourth-order valence-corrected chi connectivity index (χ4v) is 3.42. The normalized spacial score (nSPS) is 14.4. The van der Waals surface area contributed by atoms with E-state index in [9.17, 15) is 9.59 Å². The first kappa shape index (κ1) is 16.5. The second-order valence-corrected chi connectivity index (χ2v) is 6.66. The van der Waals surface area contributed by atoms with Crippen LogP contribution in [-0.4, -0.2) is 17.6 Å². The van der Waals surface area contributed by atoms with Crippen molar-refractivity contribution in [2.24, 2.45) is 5.92 Å². The van der Waals surface area contributed by atoms with Crippen molar-refractivity contribution < 1.29 is 9.59 Å². The number of carbonyl (C=O) groups excluding carboxylic acids is 2. The van der Waals surface area contributed by atoms with Crippen LogP contribution in [0, 0.1) is 5.92 Å². The van der Waals surface area contributed by atoms with Crippen LogP contribution in [0.1, 0.15) is 24.8 Å². The Labute approximate surface area is 137 Å². The van der Waals surface area contributed by atoms with Crippen LogP contribution in [0.25, 0.3) is 0 Å². The van der Waals surface area contributed by atoms with Crippen LogP contribution in [-0.2, 0) is 15.3 Å². The number of thioether (sulfide) groups is 1. The summed E-state index contributed by atoms with van der Waals surface area (Å²) in [6.07, 6.45) is 2.89. The summed E-state index contributed by atoms with van der Waals surface area (Å²) in [6, 6.07) is 5.31. The predicted molar refractivity (Wildman–Crippen MR) is 86.3 cm³/mol. The van der Waals surface area contributed by atoms with Crippen molar-refractivity contribution in [3.8, 4) is 0 Å². The quantitative estimate of drug-likeness (QED) is 0.805. The van der Waals surface area contributed by atoms with E-state index in [1.165, 1.54) is 11.8 Å². The molecule has 0 aromatic heterocycles. The van der Waals surface area contributed by atoms with E-state index >= 15 is 0 Å². The third-order valence-corrected chi connectivity index (χ3v) is 5.01. The van der Waals surface area contributed by atoms with Gasteiger partial charge in [0.2, 0.25) is 11.8 Å². The molecule has 0 bridgehead atoms. The van der Waals surface area contributed by atoms with E-state index in [1.54, 1.807) is 18.2 Å². The Hall–Kier alpha value is -0.910. The monoisotopic (exact) mass is 346 g/mol. The van der Waals surface area contributed by atoms with Crippen molar-refractivity contribution in [1.82, 2.24) is 10.9 Å². The lowest BCUT2D eigenvalue weighted by Crippen LogP contribution is -2.46. The molecule has 4 nitrogen and oxygen atoms in total. The minimum Gasteiger partial charge on any atom is -0.273 e. The average Bonchev–Trinajstić information content (AvgIpc) is 2.38. The Kier molecular flexibility index (Phi) is 6.21. The molecule has 1 aromatic carbocycles. The molecule has 2 N–H and O–H groups in total. The van der Waals surface area contributed by atoms with Gasteiger partial charge >= 0.3 is 0 Å². The van der Waals surface area contributed by atoms with Gasteiger partial charge in [0, 0.05) is 21.7 Å². The Morgan fingerprint density at radius 2 is 1.86 bits per heavy atom. The van der Waals surface area contributed by atoms with E-state index < -0.39 is 0 Å². The van der Waals surface area contributed by atoms with Gasteiger partial charge in [0.1, 0.15) is 0 Å². The summed E-state index contributed by atoms with van der Waals surface area (Å²) in [7, 11) is 0. The zero-order chi connectivity index (χ0) is 15.2. The molecule has 0 heterocycles. The molecule has 0 saturated heterocycles. The molecule has 1 aromatic rings. The van der Waals surface area contributed by atoms with Crippen LogP contribution >= 0.6 is 35.0 Å². The second-order valence-electron chi connectivity index (χ2n) is 4.86. The van der Waals surface area contributed by atoms with Gasteiger partial charge in [0.25, 0.3) is 0 Å². The van der Waals surface area contributed by atoms with Gasteiger partial charge in [-0.3, -0.25) is 20.4 Å². The van der Waals surface area contributed by atoms with E-state index in [2.05, 4.69) is 10.9 Å². The maximum atomic E-state index is 11.6. The topological polar surface area (TPSA) is 58.2 Å². The third kappa shape index (κ3) is 4.80. The molecule has 2 amide bonds. The minimum atomic E-state index is -0.240. The largest absolute Gasteiger partial charge is 0.273 e. The standard InChI is InChI=1S/C14H16Cl2N2O2S/c15-11-5-2-6-12(16)10(11)7-21-8-13(19)17-18-14(20)9-3-1-4-9/h2,5-6,9H,1,3-4,7-8H2,(H,17,19)(H,18,20). The van der Waals surface area contributed by atoms with Gasteiger partial charge in [-0.2, -0.15) is 0 Å². The van der Waals surface area contributed by atoms with Crippen molar-refractivity contribution in [3.63, 3.8) is 0 Å². The molecule has 7 heteroatoms. The number of benzene rings is 1. The number of hydrogen-bond donors (Lipinski definition) is 2. The molecular weight excluding hydrogens is 331 g/mol. The summed E-state index contributed by atoms with van der Waals surface area (Å²) >= 11 is 13.5. The number of hydrazine groups is 1. The van der Waals surface area contributed by atoms with Crippen molar-refractivity contribution in [2.45, 2.75) is 25.0 Å². The highest BCUT2D eigenvalue weighted by Crippen LogP contribution is 2.28. The van der Waals surface area contributed by atoms with Gasteiger partial charge in [0.05, 0.1) is 5.75 Å². The Bertz CT molecular complexity index is 515. The van der Waals surface area contributed by atoms with Crippen LogP contribution in [0.3, 0.4) is 0 Å². The van der Waals surface area contributed by atoms with Crippen molar-refractivity contribution in [1.29, 1.82) is 0 Å². The molecule has 1 aliphatic rings. The summed E-state index contributed by atoms with van der Waals surface area (Å²) in [5.74, 6) is 0.485. The van der Waals surface area contributed by atoms with Gasteiger partial charge in [-0.05, 0) is 30.5 Å². The van der Waals surface area contributed by atoms with Crippen LogP contribution in [0.15, 0.2) is 18.2 Å². The molecule has 0 atom stereocenters. The van der Waals surface area contributed by atoms with E-state index in [4.69, 9.17) is 23.2 Å². The summed E-state index contributed by atoms with van der Waals surface area (Å²) < 4.78 is 0.